The molecule has 0 radical (unpaired) electrons. The summed E-state index contributed by atoms with van der Waals surface area (Å²) in [7, 11) is 0. The van der Waals surface area contributed by atoms with Crippen LogP contribution in [0.3, 0.4) is 0 Å². The predicted octanol–water partition coefficient (Wildman–Crippen LogP) is 4.07. The summed E-state index contributed by atoms with van der Waals surface area (Å²) in [6.45, 7) is 2.97. The normalized spacial score (nSPS) is 31.1. The van der Waals surface area contributed by atoms with Gasteiger partial charge in [0.05, 0.1) is 0 Å². The smallest absolute Gasteiger partial charge is 0.136 e. The molecule has 0 bridgehead atoms. The molecule has 19 heavy (non-hydrogen) atoms. The molecule has 2 N–H and O–H groups in total. The van der Waals surface area contributed by atoms with Crippen LogP contribution in [-0.4, -0.2) is 12.3 Å². The first kappa shape index (κ1) is 15.0. The van der Waals surface area contributed by atoms with Crippen LogP contribution in [0.25, 0.3) is 0 Å². The lowest BCUT2D eigenvalue weighted by molar-refractivity contribution is -0.127. The Morgan fingerprint density at radius 1 is 1.16 bits per heavy atom. The Morgan fingerprint density at radius 2 is 1.89 bits per heavy atom. The molecule has 2 rings (SSSR count). The van der Waals surface area contributed by atoms with Crippen molar-refractivity contribution in [3.8, 4) is 0 Å². The summed E-state index contributed by atoms with van der Waals surface area (Å²) in [4.78, 5) is 12.6. The van der Waals surface area contributed by atoms with Gasteiger partial charge in [-0.3, -0.25) is 4.79 Å². The van der Waals surface area contributed by atoms with Gasteiger partial charge in [0.2, 0.25) is 0 Å². The Morgan fingerprint density at radius 3 is 2.53 bits per heavy atom. The highest BCUT2D eigenvalue weighted by Gasteiger charge is 2.36. The molecule has 0 aromatic heterocycles. The first-order valence-electron chi connectivity index (χ1n) is 8.42. The molecule has 0 heterocycles. The fraction of sp³-hybridized carbons (Fsp3) is 0.941. The van der Waals surface area contributed by atoms with Crippen LogP contribution < -0.4 is 5.73 Å². The zero-order chi connectivity index (χ0) is 13.7. The number of rotatable bonds is 5. The van der Waals surface area contributed by atoms with Crippen molar-refractivity contribution in [2.75, 3.05) is 6.54 Å². The summed E-state index contributed by atoms with van der Waals surface area (Å²) >= 11 is 0. The second-order valence-corrected chi connectivity index (χ2v) is 7.05. The second-order valence-electron chi connectivity index (χ2n) is 7.05. The van der Waals surface area contributed by atoms with E-state index >= 15 is 0 Å². The van der Waals surface area contributed by atoms with E-state index in [0.717, 1.165) is 25.2 Å². The van der Waals surface area contributed by atoms with Crippen molar-refractivity contribution >= 4 is 5.78 Å². The van der Waals surface area contributed by atoms with E-state index < -0.39 is 0 Å². The molecule has 2 heteroatoms. The molecule has 0 aliphatic heterocycles. The van der Waals surface area contributed by atoms with Crippen LogP contribution >= 0.6 is 0 Å². The maximum Gasteiger partial charge on any atom is 0.136 e. The molecule has 2 saturated carbocycles. The van der Waals surface area contributed by atoms with E-state index in [1.54, 1.807) is 0 Å². The highest BCUT2D eigenvalue weighted by Crippen LogP contribution is 2.41. The summed E-state index contributed by atoms with van der Waals surface area (Å²) < 4.78 is 0. The lowest BCUT2D eigenvalue weighted by Gasteiger charge is -2.37. The van der Waals surface area contributed by atoms with Gasteiger partial charge >= 0.3 is 0 Å². The maximum atomic E-state index is 12.6. The van der Waals surface area contributed by atoms with Gasteiger partial charge in [-0.05, 0) is 43.6 Å². The highest BCUT2D eigenvalue weighted by atomic mass is 16.1. The molecule has 2 atom stereocenters. The van der Waals surface area contributed by atoms with Gasteiger partial charge in [-0.1, -0.05) is 45.4 Å². The zero-order valence-electron chi connectivity index (χ0n) is 12.6. The number of hydrogen-bond donors (Lipinski definition) is 1. The molecule has 0 saturated heterocycles. The molecule has 2 aliphatic rings. The van der Waals surface area contributed by atoms with Gasteiger partial charge in [0.25, 0.3) is 0 Å². The van der Waals surface area contributed by atoms with Crippen molar-refractivity contribution in [3.63, 3.8) is 0 Å². The van der Waals surface area contributed by atoms with Crippen molar-refractivity contribution in [1.82, 2.24) is 0 Å². The number of carbonyl (C=O) groups is 1. The largest absolute Gasteiger partial charge is 0.330 e. The Balaban J connectivity index is 1.91. The predicted molar refractivity (Wildman–Crippen MR) is 79.9 cm³/mol. The monoisotopic (exact) mass is 265 g/mol. The van der Waals surface area contributed by atoms with Crippen molar-refractivity contribution in [2.45, 2.75) is 77.6 Å². The fourth-order valence-corrected chi connectivity index (χ4v) is 4.22. The first-order valence-corrected chi connectivity index (χ1v) is 8.42. The second kappa shape index (κ2) is 6.88. The number of carbonyl (C=O) groups excluding carboxylic acids is 1. The average Bonchev–Trinajstić information content (AvgIpc) is 2.48. The number of Topliss-reactive ketones (excluding diaryl/α,β-unsaturated/α-hetero) is 1. The van der Waals surface area contributed by atoms with Gasteiger partial charge in [-0.15, -0.1) is 0 Å². The van der Waals surface area contributed by atoms with Crippen molar-refractivity contribution < 1.29 is 4.79 Å². The SMILES string of the molecule is CCC1CCCC(C(=O)CC2(CN)CCCCC2)C1. The summed E-state index contributed by atoms with van der Waals surface area (Å²) in [5.41, 5.74) is 6.18. The summed E-state index contributed by atoms with van der Waals surface area (Å²) in [5, 5.41) is 0. The summed E-state index contributed by atoms with van der Waals surface area (Å²) in [5.74, 6) is 1.68. The Hall–Kier alpha value is -0.370. The maximum absolute atomic E-state index is 12.6. The molecular formula is C17H31NO. The minimum atomic E-state index is 0.161. The Labute approximate surface area is 118 Å². The first-order chi connectivity index (χ1) is 9.19. The van der Waals surface area contributed by atoms with Crippen LogP contribution in [0.1, 0.15) is 77.6 Å². The lowest BCUT2D eigenvalue weighted by Crippen LogP contribution is -2.37. The number of nitrogens with two attached hydrogens (primary N) is 1. The van der Waals surface area contributed by atoms with E-state index in [2.05, 4.69) is 6.92 Å². The van der Waals surface area contributed by atoms with E-state index in [4.69, 9.17) is 5.73 Å². The van der Waals surface area contributed by atoms with Gasteiger partial charge in [-0.2, -0.15) is 0 Å². The van der Waals surface area contributed by atoms with E-state index in [0.29, 0.717) is 18.2 Å². The Bertz CT molecular complexity index is 294. The molecule has 0 spiro atoms. The highest BCUT2D eigenvalue weighted by molar-refractivity contribution is 5.81. The van der Waals surface area contributed by atoms with Crippen LogP contribution in [-0.2, 0) is 4.79 Å². The summed E-state index contributed by atoms with van der Waals surface area (Å²) in [6.07, 6.45) is 13.1. The van der Waals surface area contributed by atoms with Gasteiger partial charge in [0.15, 0.2) is 0 Å². The van der Waals surface area contributed by atoms with Crippen LogP contribution in [0.5, 0.6) is 0 Å². The van der Waals surface area contributed by atoms with E-state index in [1.165, 1.54) is 51.4 Å². The Kier molecular flexibility index (Phi) is 5.44. The van der Waals surface area contributed by atoms with Crippen LogP contribution in [0.15, 0.2) is 0 Å². The van der Waals surface area contributed by atoms with Gasteiger partial charge in [-0.25, -0.2) is 0 Å². The van der Waals surface area contributed by atoms with Crippen molar-refractivity contribution in [3.05, 3.63) is 0 Å². The zero-order valence-corrected chi connectivity index (χ0v) is 12.6. The third kappa shape index (κ3) is 3.81. The molecular weight excluding hydrogens is 234 g/mol. The molecule has 0 aromatic carbocycles. The third-order valence-electron chi connectivity index (χ3n) is 5.71. The fourth-order valence-electron chi connectivity index (χ4n) is 4.22. The van der Waals surface area contributed by atoms with E-state index in [-0.39, 0.29) is 5.41 Å². The van der Waals surface area contributed by atoms with Gasteiger partial charge in [0, 0.05) is 12.3 Å². The van der Waals surface area contributed by atoms with Gasteiger partial charge in [0.1, 0.15) is 5.78 Å². The van der Waals surface area contributed by atoms with Gasteiger partial charge < -0.3 is 5.73 Å². The lowest BCUT2D eigenvalue weighted by atomic mass is 9.68. The van der Waals surface area contributed by atoms with Crippen LogP contribution in [0.2, 0.25) is 0 Å². The third-order valence-corrected chi connectivity index (χ3v) is 5.71. The minimum Gasteiger partial charge on any atom is -0.330 e. The average molecular weight is 265 g/mol. The van der Waals surface area contributed by atoms with Crippen molar-refractivity contribution in [1.29, 1.82) is 0 Å². The minimum absolute atomic E-state index is 0.161. The standard InChI is InChI=1S/C17H31NO/c1-2-14-7-6-8-15(11-14)16(19)12-17(13-18)9-4-3-5-10-17/h14-15H,2-13,18H2,1H3. The topological polar surface area (TPSA) is 43.1 Å². The molecule has 2 unspecified atom stereocenters. The van der Waals surface area contributed by atoms with Crippen molar-refractivity contribution in [2.24, 2.45) is 23.0 Å². The quantitative estimate of drug-likeness (QED) is 0.814. The number of hydrogen-bond acceptors (Lipinski definition) is 2. The number of ketones is 1. The van der Waals surface area contributed by atoms with E-state index in [9.17, 15) is 4.79 Å². The molecule has 110 valence electrons. The van der Waals surface area contributed by atoms with Crippen LogP contribution in [0.4, 0.5) is 0 Å². The van der Waals surface area contributed by atoms with E-state index in [1.807, 2.05) is 0 Å². The summed E-state index contributed by atoms with van der Waals surface area (Å²) in [6, 6.07) is 0. The van der Waals surface area contributed by atoms with Crippen LogP contribution in [0, 0.1) is 17.3 Å². The molecule has 2 fully saturated rings. The molecule has 0 aromatic rings. The molecule has 0 amide bonds. The molecule has 2 aliphatic carbocycles. The molecule has 2 nitrogen and oxygen atoms in total.